The Morgan fingerprint density at radius 1 is 1.08 bits per heavy atom. The molecule has 1 aromatic heterocycles. The number of amides is 2. The molecule has 1 saturated heterocycles. The molecule has 0 spiro atoms. The molecule has 1 fully saturated rings. The molecule has 0 bridgehead atoms. The Labute approximate surface area is 229 Å². The third-order valence-electron chi connectivity index (χ3n) is 6.91. The number of imide groups is 1. The number of carbonyl (C=O) groups excluding carboxylic acids is 3. The number of rotatable bonds is 15. The fraction of sp³-hybridized carbons (Fsp3) is 0.750. The van der Waals surface area contributed by atoms with Gasteiger partial charge in [0.15, 0.2) is 6.10 Å². The van der Waals surface area contributed by atoms with Crippen molar-refractivity contribution >= 4 is 33.9 Å². The van der Waals surface area contributed by atoms with Gasteiger partial charge in [-0.3, -0.25) is 9.59 Å². The quantitative estimate of drug-likeness (QED) is 0.180. The van der Waals surface area contributed by atoms with Gasteiger partial charge in [0.2, 0.25) is 5.91 Å². The van der Waals surface area contributed by atoms with Crippen LogP contribution in [0, 0.1) is 11.8 Å². The zero-order chi connectivity index (χ0) is 27.8. The van der Waals surface area contributed by atoms with Crippen LogP contribution in [0.15, 0.2) is 15.0 Å². The molecule has 2 heterocycles. The lowest BCUT2D eigenvalue weighted by molar-refractivity contribution is -0.155. The Balaban J connectivity index is 2.07. The summed E-state index contributed by atoms with van der Waals surface area (Å²) >= 11 is 3.55. The average Bonchev–Trinajstić information content (AvgIpc) is 3.29. The van der Waals surface area contributed by atoms with E-state index in [9.17, 15) is 14.4 Å². The van der Waals surface area contributed by atoms with E-state index in [0.717, 1.165) is 55.2 Å². The predicted octanol–water partition coefficient (Wildman–Crippen LogP) is 6.72. The number of hydrogen-bond donors (Lipinski definition) is 1. The van der Waals surface area contributed by atoms with Gasteiger partial charge < -0.3 is 19.0 Å². The number of ether oxygens (including phenoxy) is 2. The molecule has 2 amide bonds. The van der Waals surface area contributed by atoms with E-state index in [1.807, 2.05) is 13.8 Å². The Morgan fingerprint density at radius 2 is 1.65 bits per heavy atom. The molecule has 9 heteroatoms. The molecular weight excluding hydrogens is 542 g/mol. The molecule has 8 nitrogen and oxygen atoms in total. The number of aliphatic hydroxyl groups is 1. The molecule has 1 N–H and O–H groups in total. The number of hydrogen-bond acceptors (Lipinski definition) is 7. The van der Waals surface area contributed by atoms with Crippen molar-refractivity contribution < 1.29 is 33.4 Å². The first-order chi connectivity index (χ1) is 17.4. The van der Waals surface area contributed by atoms with Crippen LogP contribution in [0.5, 0.6) is 0 Å². The van der Waals surface area contributed by atoms with Gasteiger partial charge in [-0.1, -0.05) is 52.4 Å². The standard InChI is InChI=1S/C28H44BrNO7/c1-18(2)25-28(5,6)37-27(34)30(25)26(33)19(3)24(35-20(4)32)23-17-21(29)22(36-23)15-13-11-9-7-8-10-12-14-16-31/h17-19,24-25,31H,7-16H2,1-6H3/t19-,24-,25-/m1/s1. The number of carbonyl (C=O) groups is 3. The van der Waals surface area contributed by atoms with Gasteiger partial charge in [-0.15, -0.1) is 0 Å². The van der Waals surface area contributed by atoms with Gasteiger partial charge in [0.05, 0.1) is 16.4 Å². The van der Waals surface area contributed by atoms with Crippen molar-refractivity contribution in [1.29, 1.82) is 0 Å². The van der Waals surface area contributed by atoms with Gasteiger partial charge in [0.25, 0.3) is 0 Å². The van der Waals surface area contributed by atoms with E-state index in [1.165, 1.54) is 24.7 Å². The van der Waals surface area contributed by atoms with Crippen molar-refractivity contribution in [1.82, 2.24) is 4.90 Å². The van der Waals surface area contributed by atoms with Crippen LogP contribution in [0.4, 0.5) is 4.79 Å². The van der Waals surface area contributed by atoms with Crippen LogP contribution in [0.3, 0.4) is 0 Å². The highest BCUT2D eigenvalue weighted by Gasteiger charge is 2.53. The third kappa shape index (κ3) is 8.57. The summed E-state index contributed by atoms with van der Waals surface area (Å²) in [5.74, 6) is -0.764. The Morgan fingerprint density at radius 3 is 2.19 bits per heavy atom. The highest BCUT2D eigenvalue weighted by atomic mass is 79.9. The maximum Gasteiger partial charge on any atom is 0.417 e. The van der Waals surface area contributed by atoms with Gasteiger partial charge in [-0.05, 0) is 61.5 Å². The minimum atomic E-state index is -0.974. The molecule has 0 aliphatic carbocycles. The molecule has 1 aliphatic rings. The minimum absolute atomic E-state index is 0.0188. The Bertz CT molecular complexity index is 910. The van der Waals surface area contributed by atoms with Crippen molar-refractivity contribution in [3.63, 3.8) is 0 Å². The van der Waals surface area contributed by atoms with E-state index in [-0.39, 0.29) is 12.5 Å². The monoisotopic (exact) mass is 585 g/mol. The molecule has 3 atom stereocenters. The summed E-state index contributed by atoms with van der Waals surface area (Å²) in [7, 11) is 0. The second-order valence-electron chi connectivity index (χ2n) is 10.9. The molecule has 1 aliphatic heterocycles. The van der Waals surface area contributed by atoms with Crippen LogP contribution in [-0.2, 0) is 25.5 Å². The molecule has 0 aromatic carbocycles. The molecule has 0 saturated carbocycles. The normalized spacial score (nSPS) is 18.7. The lowest BCUT2D eigenvalue weighted by Crippen LogP contribution is -2.50. The van der Waals surface area contributed by atoms with Crippen LogP contribution in [0.1, 0.15) is 111 Å². The molecule has 1 aromatic rings. The van der Waals surface area contributed by atoms with E-state index in [2.05, 4.69) is 15.9 Å². The Kier molecular flexibility index (Phi) is 12.1. The first-order valence-corrected chi connectivity index (χ1v) is 14.3. The van der Waals surface area contributed by atoms with E-state index in [0.29, 0.717) is 5.76 Å². The number of furan rings is 1. The summed E-state index contributed by atoms with van der Waals surface area (Å²) in [4.78, 5) is 39.4. The zero-order valence-electron chi connectivity index (χ0n) is 23.2. The summed E-state index contributed by atoms with van der Waals surface area (Å²) in [5, 5.41) is 8.84. The van der Waals surface area contributed by atoms with Gasteiger partial charge in [-0.2, -0.15) is 0 Å². The van der Waals surface area contributed by atoms with Gasteiger partial charge in [-0.25, -0.2) is 9.69 Å². The smallest absolute Gasteiger partial charge is 0.417 e. The van der Waals surface area contributed by atoms with Crippen molar-refractivity contribution in [3.05, 3.63) is 22.1 Å². The maximum absolute atomic E-state index is 13.6. The van der Waals surface area contributed by atoms with E-state index in [1.54, 1.807) is 26.8 Å². The van der Waals surface area contributed by atoms with E-state index >= 15 is 0 Å². The summed E-state index contributed by atoms with van der Waals surface area (Å²) in [5.41, 5.74) is -0.822. The molecule has 0 unspecified atom stereocenters. The van der Waals surface area contributed by atoms with Crippen LogP contribution in [0.2, 0.25) is 0 Å². The summed E-state index contributed by atoms with van der Waals surface area (Å²) in [6.07, 6.45) is 7.73. The number of esters is 1. The largest absolute Gasteiger partial charge is 0.461 e. The summed E-state index contributed by atoms with van der Waals surface area (Å²) in [6, 6.07) is 1.31. The molecular formula is C28H44BrNO7. The molecule has 210 valence electrons. The third-order valence-corrected chi connectivity index (χ3v) is 7.58. The fourth-order valence-electron chi connectivity index (χ4n) is 5.22. The minimum Gasteiger partial charge on any atom is -0.461 e. The first-order valence-electron chi connectivity index (χ1n) is 13.5. The number of halogens is 1. The SMILES string of the molecule is CC(=O)O[C@@H](c1cc(Br)c(CCCCCCCCCCO)o1)[C@@H](C)C(=O)N1C(=O)OC(C)(C)[C@H]1C(C)C. The first kappa shape index (κ1) is 31.3. The molecule has 2 rings (SSSR count). The number of nitrogens with zero attached hydrogens (tertiary/aromatic N) is 1. The number of aryl methyl sites for hydroxylation is 1. The number of cyclic esters (lactones) is 1. The van der Waals surface area contributed by atoms with Crippen molar-refractivity contribution in [2.75, 3.05) is 6.61 Å². The average molecular weight is 587 g/mol. The second-order valence-corrected chi connectivity index (χ2v) is 11.8. The van der Waals surface area contributed by atoms with Crippen molar-refractivity contribution in [2.45, 2.75) is 117 Å². The Hall–Kier alpha value is -1.87. The molecule has 37 heavy (non-hydrogen) atoms. The van der Waals surface area contributed by atoms with Crippen LogP contribution >= 0.6 is 15.9 Å². The number of aliphatic hydroxyl groups excluding tert-OH is 1. The lowest BCUT2D eigenvalue weighted by atomic mass is 9.88. The lowest BCUT2D eigenvalue weighted by Gasteiger charge is -2.33. The van der Waals surface area contributed by atoms with Crippen molar-refractivity contribution in [3.8, 4) is 0 Å². The predicted molar refractivity (Wildman–Crippen MR) is 144 cm³/mol. The van der Waals surface area contributed by atoms with Gasteiger partial charge >= 0.3 is 12.1 Å². The fourth-order valence-corrected chi connectivity index (χ4v) is 5.72. The summed E-state index contributed by atoms with van der Waals surface area (Å²) in [6.45, 7) is 10.7. The summed E-state index contributed by atoms with van der Waals surface area (Å²) < 4.78 is 17.9. The highest BCUT2D eigenvalue weighted by molar-refractivity contribution is 9.10. The van der Waals surface area contributed by atoms with Crippen LogP contribution in [-0.4, -0.2) is 46.2 Å². The van der Waals surface area contributed by atoms with Gasteiger partial charge in [0.1, 0.15) is 17.1 Å². The van der Waals surface area contributed by atoms with E-state index < -0.39 is 41.6 Å². The number of unbranched alkanes of at least 4 members (excludes halogenated alkanes) is 7. The van der Waals surface area contributed by atoms with Crippen molar-refractivity contribution in [2.24, 2.45) is 11.8 Å². The zero-order valence-corrected chi connectivity index (χ0v) is 24.8. The second kappa shape index (κ2) is 14.3. The van der Waals surface area contributed by atoms with Gasteiger partial charge in [0, 0.05) is 20.0 Å². The van der Waals surface area contributed by atoms with Crippen LogP contribution in [0.25, 0.3) is 0 Å². The maximum atomic E-state index is 13.6. The van der Waals surface area contributed by atoms with Crippen LogP contribution < -0.4 is 0 Å². The highest BCUT2D eigenvalue weighted by Crippen LogP contribution is 2.39. The van der Waals surface area contributed by atoms with E-state index in [4.69, 9.17) is 19.0 Å². The topological polar surface area (TPSA) is 106 Å². The molecule has 0 radical (unpaired) electrons.